The Balaban J connectivity index is 1.52. The van der Waals surface area contributed by atoms with Gasteiger partial charge in [-0.1, -0.05) is 35.9 Å². The standard InChI is InChI=1S/C31H36ClFN6O/c1-38(2)22-9-11-34-18-36-30-26(31(35-12-10-22)39-16-20-7-8-21(17-39)37-20)15-27(32)28(29(30)33)25-14-23(40)13-19-5-3-4-6-24(19)25/h3-6,13-15,18,20-22,37,40H,7-12,16-17H2,1-2H3,(H,34,36). The predicted octanol–water partition coefficient (Wildman–Crippen LogP) is 5.35. The van der Waals surface area contributed by atoms with Crippen LogP contribution < -0.4 is 10.6 Å². The van der Waals surface area contributed by atoms with Gasteiger partial charge in [-0.3, -0.25) is 9.98 Å². The maximum absolute atomic E-state index is 16.8. The summed E-state index contributed by atoms with van der Waals surface area (Å²) in [5.41, 5.74) is 1.71. The van der Waals surface area contributed by atoms with Crippen LogP contribution >= 0.6 is 11.6 Å². The number of hydrogen-bond acceptors (Lipinski definition) is 7. The number of benzene rings is 3. The van der Waals surface area contributed by atoms with Crippen molar-refractivity contribution in [1.82, 2.24) is 15.1 Å². The molecule has 3 unspecified atom stereocenters. The van der Waals surface area contributed by atoms with E-state index in [0.29, 0.717) is 48.0 Å². The topological polar surface area (TPSA) is 75.5 Å². The van der Waals surface area contributed by atoms with Gasteiger partial charge in [0.2, 0.25) is 0 Å². The molecule has 0 amide bonds. The molecule has 3 heterocycles. The molecule has 0 spiro atoms. The molecule has 2 saturated heterocycles. The van der Waals surface area contributed by atoms with E-state index in [0.717, 1.165) is 55.4 Å². The molecule has 3 aliphatic heterocycles. The molecule has 3 N–H and O–H groups in total. The Morgan fingerprint density at radius 3 is 2.52 bits per heavy atom. The van der Waals surface area contributed by atoms with Gasteiger partial charge in [0, 0.05) is 55.4 Å². The van der Waals surface area contributed by atoms with Crippen molar-refractivity contribution in [2.45, 2.75) is 43.8 Å². The summed E-state index contributed by atoms with van der Waals surface area (Å²) >= 11 is 6.94. The van der Waals surface area contributed by atoms with E-state index in [4.69, 9.17) is 16.6 Å². The van der Waals surface area contributed by atoms with E-state index < -0.39 is 5.82 Å². The lowest BCUT2D eigenvalue weighted by Gasteiger charge is -2.36. The lowest BCUT2D eigenvalue weighted by Crippen LogP contribution is -2.53. The highest BCUT2D eigenvalue weighted by Gasteiger charge is 2.35. The zero-order chi connectivity index (χ0) is 27.8. The van der Waals surface area contributed by atoms with Gasteiger partial charge >= 0.3 is 0 Å². The van der Waals surface area contributed by atoms with Crippen LogP contribution in [0.15, 0.2) is 52.4 Å². The molecule has 9 heteroatoms. The Morgan fingerprint density at radius 1 is 1.00 bits per heavy atom. The Morgan fingerprint density at radius 2 is 1.75 bits per heavy atom. The number of halogens is 2. The molecule has 3 atom stereocenters. The second-order valence-corrected chi connectivity index (χ2v) is 11.7. The van der Waals surface area contributed by atoms with Gasteiger partial charge in [0.05, 0.1) is 17.0 Å². The lowest BCUT2D eigenvalue weighted by molar-refractivity contribution is 0.268. The quantitative estimate of drug-likeness (QED) is 0.392. The molecule has 3 aromatic rings. The molecule has 0 aliphatic carbocycles. The minimum atomic E-state index is -0.487. The molecule has 0 radical (unpaired) electrons. The molecule has 7 nitrogen and oxygen atoms in total. The number of aromatic hydroxyl groups is 1. The summed E-state index contributed by atoms with van der Waals surface area (Å²) in [5, 5.41) is 19.2. The van der Waals surface area contributed by atoms with Crippen LogP contribution in [-0.4, -0.2) is 85.5 Å². The smallest absolute Gasteiger partial charge is 0.156 e. The normalized spacial score (nSPS) is 23.4. The van der Waals surface area contributed by atoms with E-state index in [-0.39, 0.29) is 16.3 Å². The molecule has 2 fully saturated rings. The van der Waals surface area contributed by atoms with E-state index >= 15 is 4.39 Å². The fraction of sp³-hybridized carbons (Fsp3) is 0.419. The molecular weight excluding hydrogens is 527 g/mol. The van der Waals surface area contributed by atoms with Crippen LogP contribution in [0.3, 0.4) is 0 Å². The third-order valence-corrected chi connectivity index (χ3v) is 8.73. The first-order valence-electron chi connectivity index (χ1n) is 14.1. The predicted molar refractivity (Wildman–Crippen MR) is 163 cm³/mol. The van der Waals surface area contributed by atoms with Crippen molar-refractivity contribution in [2.75, 3.05) is 45.6 Å². The Kier molecular flexibility index (Phi) is 7.66. The van der Waals surface area contributed by atoms with Crippen molar-refractivity contribution >= 4 is 40.2 Å². The van der Waals surface area contributed by atoms with Gasteiger partial charge in [-0.05, 0) is 74.3 Å². The summed E-state index contributed by atoms with van der Waals surface area (Å²) in [6.45, 7) is 2.89. The van der Waals surface area contributed by atoms with Gasteiger partial charge in [0.25, 0.3) is 0 Å². The third kappa shape index (κ3) is 5.28. The average Bonchev–Trinajstić information content (AvgIpc) is 3.26. The number of rotatable bonds is 2. The van der Waals surface area contributed by atoms with Crippen LogP contribution in [0.5, 0.6) is 5.75 Å². The van der Waals surface area contributed by atoms with E-state index in [1.165, 1.54) is 0 Å². The van der Waals surface area contributed by atoms with E-state index in [1.54, 1.807) is 18.5 Å². The first kappa shape index (κ1) is 27.0. The average molecular weight is 563 g/mol. The van der Waals surface area contributed by atoms with Crippen LogP contribution in [0, 0.1) is 5.82 Å². The fourth-order valence-electron chi connectivity index (χ4n) is 6.39. The number of phenols is 1. The number of fused-ring (bicyclic) bond motifs is 4. The summed E-state index contributed by atoms with van der Waals surface area (Å²) in [6, 6.07) is 13.8. The summed E-state index contributed by atoms with van der Waals surface area (Å²) < 4.78 is 16.8. The minimum absolute atomic E-state index is 0.0560. The van der Waals surface area contributed by atoms with Gasteiger partial charge < -0.3 is 25.5 Å². The minimum Gasteiger partial charge on any atom is -0.508 e. The maximum Gasteiger partial charge on any atom is 0.156 e. The van der Waals surface area contributed by atoms with Crippen molar-refractivity contribution in [3.05, 3.63) is 58.9 Å². The van der Waals surface area contributed by atoms with Crippen molar-refractivity contribution in [1.29, 1.82) is 0 Å². The van der Waals surface area contributed by atoms with Gasteiger partial charge in [-0.25, -0.2) is 4.39 Å². The second-order valence-electron chi connectivity index (χ2n) is 11.3. The van der Waals surface area contributed by atoms with Gasteiger partial charge in [0.1, 0.15) is 11.6 Å². The number of nitrogens with one attached hydrogen (secondary N) is 2. The number of anilines is 1. The Hall–Kier alpha value is -3.20. The number of amidine groups is 1. The largest absolute Gasteiger partial charge is 0.508 e. The highest BCUT2D eigenvalue weighted by atomic mass is 35.5. The molecule has 0 saturated carbocycles. The number of nitrogens with zero attached hydrogens (tertiary/aromatic N) is 4. The van der Waals surface area contributed by atoms with Crippen LogP contribution in [-0.2, 0) is 0 Å². The Labute approximate surface area is 239 Å². The van der Waals surface area contributed by atoms with Crippen molar-refractivity contribution in [3.8, 4) is 16.9 Å². The van der Waals surface area contributed by atoms with Gasteiger partial charge in [-0.2, -0.15) is 0 Å². The lowest BCUT2D eigenvalue weighted by atomic mass is 9.95. The van der Waals surface area contributed by atoms with Gasteiger partial charge in [-0.15, -0.1) is 0 Å². The van der Waals surface area contributed by atoms with E-state index in [1.807, 2.05) is 30.3 Å². The summed E-state index contributed by atoms with van der Waals surface area (Å²) in [7, 11) is 4.18. The molecule has 0 aromatic heterocycles. The van der Waals surface area contributed by atoms with Crippen molar-refractivity contribution in [2.24, 2.45) is 9.98 Å². The first-order chi connectivity index (χ1) is 19.4. The van der Waals surface area contributed by atoms with Gasteiger partial charge in [0.15, 0.2) is 5.82 Å². The molecule has 2 bridgehead atoms. The van der Waals surface area contributed by atoms with Crippen LogP contribution in [0.25, 0.3) is 21.9 Å². The van der Waals surface area contributed by atoms with E-state index in [9.17, 15) is 5.11 Å². The molecule has 6 rings (SSSR count). The third-order valence-electron chi connectivity index (χ3n) is 8.44. The van der Waals surface area contributed by atoms with Crippen LogP contribution in [0.4, 0.5) is 10.1 Å². The molecule has 210 valence electrons. The van der Waals surface area contributed by atoms with E-state index in [2.05, 4.69) is 39.5 Å². The highest BCUT2D eigenvalue weighted by molar-refractivity contribution is 6.34. The SMILES string of the molecule is CN(C)C1CCN=CNc2c(cc(Cl)c(-c3cc(O)cc4ccccc34)c2F)C(N2CC3CCC(C2)N3)=NCC1. The first-order valence-corrected chi connectivity index (χ1v) is 14.5. The van der Waals surface area contributed by atoms with Crippen LogP contribution in [0.1, 0.15) is 31.2 Å². The zero-order valence-corrected chi connectivity index (χ0v) is 23.8. The molecule has 40 heavy (non-hydrogen) atoms. The molecule has 3 aromatic carbocycles. The summed E-state index contributed by atoms with van der Waals surface area (Å²) in [5.74, 6) is 0.333. The summed E-state index contributed by atoms with van der Waals surface area (Å²) in [4.78, 5) is 14.2. The second kappa shape index (κ2) is 11.4. The maximum atomic E-state index is 16.8. The number of phenolic OH excluding ortho intramolecular Hbond substituents is 1. The van der Waals surface area contributed by atoms with Crippen molar-refractivity contribution in [3.63, 3.8) is 0 Å². The van der Waals surface area contributed by atoms with Crippen LogP contribution in [0.2, 0.25) is 5.02 Å². The number of hydrogen-bond donors (Lipinski definition) is 3. The number of aliphatic imine (C=N–C) groups is 2. The highest BCUT2D eigenvalue weighted by Crippen LogP contribution is 2.42. The Bertz CT molecular complexity index is 1460. The molecular formula is C31H36ClFN6O. The fourth-order valence-corrected chi connectivity index (χ4v) is 6.68. The summed E-state index contributed by atoms with van der Waals surface area (Å²) in [6.07, 6.45) is 5.64. The molecule has 3 aliphatic rings. The zero-order valence-electron chi connectivity index (χ0n) is 23.0. The number of piperazine rings is 1. The van der Waals surface area contributed by atoms with Crippen molar-refractivity contribution < 1.29 is 9.50 Å². The monoisotopic (exact) mass is 562 g/mol. The number of likely N-dealkylation sites (tertiary alicyclic amines) is 1.